The van der Waals surface area contributed by atoms with Gasteiger partial charge in [0.1, 0.15) is 5.75 Å². The summed E-state index contributed by atoms with van der Waals surface area (Å²) in [5.74, 6) is 0.867. The molecule has 2 aromatic carbocycles. The molecule has 3 aromatic rings. The molecule has 0 bridgehead atoms. The standard InChI is InChI=1S/C19H19BrN2O2S/c1-11(2)13-5-7-16(14(20)9-13)24-10-18(23)22-19-21-15-6-4-12(3)8-17(15)25-19/h4-9,11H,10H2,1-3H3,(H,21,22,23). The van der Waals surface area contributed by atoms with E-state index in [0.29, 0.717) is 16.8 Å². The predicted octanol–water partition coefficient (Wildman–Crippen LogP) is 5.51. The number of aryl methyl sites for hydroxylation is 1. The lowest BCUT2D eigenvalue weighted by atomic mass is 10.0. The molecular weight excluding hydrogens is 400 g/mol. The second kappa shape index (κ2) is 7.54. The summed E-state index contributed by atoms with van der Waals surface area (Å²) < 4.78 is 7.52. The van der Waals surface area contributed by atoms with Crippen molar-refractivity contribution in [2.24, 2.45) is 0 Å². The molecule has 1 N–H and O–H groups in total. The fourth-order valence-electron chi connectivity index (χ4n) is 2.38. The number of amides is 1. The Labute approximate surface area is 159 Å². The van der Waals surface area contributed by atoms with Crippen LogP contribution < -0.4 is 10.1 Å². The maximum atomic E-state index is 12.1. The van der Waals surface area contributed by atoms with E-state index in [2.05, 4.69) is 46.1 Å². The lowest BCUT2D eigenvalue weighted by Crippen LogP contribution is -2.20. The zero-order chi connectivity index (χ0) is 18.0. The third-order valence-corrected chi connectivity index (χ3v) is 5.32. The van der Waals surface area contributed by atoms with E-state index in [1.54, 1.807) is 0 Å². The van der Waals surface area contributed by atoms with Crippen LogP contribution in [0.1, 0.15) is 30.9 Å². The van der Waals surface area contributed by atoms with Crippen LogP contribution in [0.15, 0.2) is 40.9 Å². The number of hydrogen-bond acceptors (Lipinski definition) is 4. The number of fused-ring (bicyclic) bond motifs is 1. The van der Waals surface area contributed by atoms with Gasteiger partial charge in [0.25, 0.3) is 5.91 Å². The van der Waals surface area contributed by atoms with E-state index in [1.165, 1.54) is 22.5 Å². The lowest BCUT2D eigenvalue weighted by Gasteiger charge is -2.11. The topological polar surface area (TPSA) is 51.2 Å². The molecule has 0 spiro atoms. The maximum Gasteiger partial charge on any atom is 0.264 e. The van der Waals surface area contributed by atoms with Crippen molar-refractivity contribution >= 4 is 48.5 Å². The van der Waals surface area contributed by atoms with Crippen molar-refractivity contribution < 1.29 is 9.53 Å². The van der Waals surface area contributed by atoms with Crippen LogP contribution in [0.5, 0.6) is 5.75 Å². The molecule has 1 aromatic heterocycles. The first kappa shape index (κ1) is 17.9. The van der Waals surface area contributed by atoms with Gasteiger partial charge >= 0.3 is 0 Å². The number of halogens is 1. The van der Waals surface area contributed by atoms with Crippen LogP contribution in [0.25, 0.3) is 10.2 Å². The highest BCUT2D eigenvalue weighted by molar-refractivity contribution is 9.10. The number of carbonyl (C=O) groups is 1. The summed E-state index contributed by atoms with van der Waals surface area (Å²) in [4.78, 5) is 16.6. The summed E-state index contributed by atoms with van der Waals surface area (Å²) in [6, 6.07) is 11.9. The average Bonchev–Trinajstić information content (AvgIpc) is 2.94. The Bertz CT molecular complexity index is 921. The van der Waals surface area contributed by atoms with Gasteiger partial charge in [0.05, 0.1) is 14.7 Å². The first-order chi connectivity index (χ1) is 11.9. The lowest BCUT2D eigenvalue weighted by molar-refractivity contribution is -0.118. The van der Waals surface area contributed by atoms with E-state index in [0.717, 1.165) is 14.7 Å². The van der Waals surface area contributed by atoms with Crippen LogP contribution >= 0.6 is 27.3 Å². The van der Waals surface area contributed by atoms with Crippen LogP contribution in [0.4, 0.5) is 5.13 Å². The smallest absolute Gasteiger partial charge is 0.264 e. The van der Waals surface area contributed by atoms with Gasteiger partial charge < -0.3 is 4.74 Å². The number of nitrogens with zero attached hydrogens (tertiary/aromatic N) is 1. The van der Waals surface area contributed by atoms with Crippen molar-refractivity contribution in [2.75, 3.05) is 11.9 Å². The molecule has 3 rings (SSSR count). The molecule has 0 aliphatic carbocycles. The number of aromatic nitrogens is 1. The molecule has 0 radical (unpaired) electrons. The van der Waals surface area contributed by atoms with Crippen LogP contribution in [0.3, 0.4) is 0 Å². The van der Waals surface area contributed by atoms with Crippen LogP contribution in [-0.4, -0.2) is 17.5 Å². The number of anilines is 1. The van der Waals surface area contributed by atoms with E-state index in [1.807, 2.05) is 37.3 Å². The van der Waals surface area contributed by atoms with Crippen molar-refractivity contribution in [1.29, 1.82) is 0 Å². The second-order valence-corrected chi connectivity index (χ2v) is 8.06. The van der Waals surface area contributed by atoms with Crippen LogP contribution in [0.2, 0.25) is 0 Å². The molecule has 0 aliphatic rings. The van der Waals surface area contributed by atoms with Gasteiger partial charge in [-0.3, -0.25) is 10.1 Å². The average molecular weight is 419 g/mol. The molecule has 0 unspecified atom stereocenters. The second-order valence-electron chi connectivity index (χ2n) is 6.17. The number of hydrogen-bond donors (Lipinski definition) is 1. The number of benzene rings is 2. The summed E-state index contributed by atoms with van der Waals surface area (Å²) in [6.45, 7) is 6.24. The molecule has 1 amide bonds. The van der Waals surface area contributed by atoms with Gasteiger partial charge in [-0.15, -0.1) is 0 Å². The SMILES string of the molecule is Cc1ccc2nc(NC(=O)COc3ccc(C(C)C)cc3Br)sc2c1. The fourth-order valence-corrected chi connectivity index (χ4v) is 3.87. The minimum absolute atomic E-state index is 0.0609. The van der Waals surface area contributed by atoms with Crippen LogP contribution in [0, 0.1) is 6.92 Å². The molecule has 6 heteroatoms. The van der Waals surface area contributed by atoms with E-state index >= 15 is 0 Å². The number of ether oxygens (including phenoxy) is 1. The van der Waals surface area contributed by atoms with Gasteiger partial charge in [0, 0.05) is 0 Å². The normalized spacial score (nSPS) is 11.1. The number of nitrogens with one attached hydrogen (secondary N) is 1. The highest BCUT2D eigenvalue weighted by Gasteiger charge is 2.11. The molecule has 1 heterocycles. The molecule has 130 valence electrons. The van der Waals surface area contributed by atoms with Crippen molar-refractivity contribution in [2.45, 2.75) is 26.7 Å². The van der Waals surface area contributed by atoms with Gasteiger partial charge in [0.15, 0.2) is 11.7 Å². The van der Waals surface area contributed by atoms with Crippen molar-refractivity contribution in [3.8, 4) is 5.75 Å². The van der Waals surface area contributed by atoms with Crippen molar-refractivity contribution in [3.05, 3.63) is 52.0 Å². The van der Waals surface area contributed by atoms with Gasteiger partial charge in [0.2, 0.25) is 0 Å². The first-order valence-corrected chi connectivity index (χ1v) is 9.62. The summed E-state index contributed by atoms with van der Waals surface area (Å²) in [6.07, 6.45) is 0. The fraction of sp³-hybridized carbons (Fsp3) is 0.263. The summed E-state index contributed by atoms with van der Waals surface area (Å²) in [7, 11) is 0. The van der Waals surface area contributed by atoms with E-state index in [4.69, 9.17) is 4.74 Å². The minimum atomic E-state index is -0.226. The van der Waals surface area contributed by atoms with E-state index < -0.39 is 0 Å². The third-order valence-electron chi connectivity index (χ3n) is 3.77. The van der Waals surface area contributed by atoms with Crippen molar-refractivity contribution in [1.82, 2.24) is 4.98 Å². The quantitative estimate of drug-likeness (QED) is 0.594. The Hall–Kier alpha value is -1.92. The van der Waals surface area contributed by atoms with Gasteiger partial charge in [-0.05, 0) is 64.2 Å². The highest BCUT2D eigenvalue weighted by atomic mass is 79.9. The zero-order valence-electron chi connectivity index (χ0n) is 14.3. The highest BCUT2D eigenvalue weighted by Crippen LogP contribution is 2.29. The Morgan fingerprint density at radius 1 is 1.28 bits per heavy atom. The van der Waals surface area contributed by atoms with E-state index in [-0.39, 0.29) is 12.5 Å². The van der Waals surface area contributed by atoms with E-state index in [9.17, 15) is 4.79 Å². The Morgan fingerprint density at radius 3 is 2.80 bits per heavy atom. The van der Waals surface area contributed by atoms with Gasteiger partial charge in [-0.2, -0.15) is 0 Å². The van der Waals surface area contributed by atoms with Crippen molar-refractivity contribution in [3.63, 3.8) is 0 Å². The Balaban J connectivity index is 1.62. The summed E-state index contributed by atoms with van der Waals surface area (Å²) in [5, 5.41) is 3.38. The number of rotatable bonds is 5. The predicted molar refractivity (Wildman–Crippen MR) is 107 cm³/mol. The Morgan fingerprint density at radius 2 is 2.08 bits per heavy atom. The zero-order valence-corrected chi connectivity index (χ0v) is 16.7. The Kier molecular flexibility index (Phi) is 5.39. The molecule has 25 heavy (non-hydrogen) atoms. The van der Waals surface area contributed by atoms with Crippen LogP contribution in [-0.2, 0) is 4.79 Å². The number of carbonyl (C=O) groups excluding carboxylic acids is 1. The third kappa shape index (κ3) is 4.38. The molecular formula is C19H19BrN2O2S. The molecule has 0 aliphatic heterocycles. The maximum absolute atomic E-state index is 12.1. The van der Waals surface area contributed by atoms with Gasteiger partial charge in [-0.25, -0.2) is 4.98 Å². The molecule has 0 saturated heterocycles. The van der Waals surface area contributed by atoms with Gasteiger partial charge in [-0.1, -0.05) is 37.3 Å². The summed E-state index contributed by atoms with van der Waals surface area (Å²) in [5.41, 5.74) is 3.28. The molecule has 0 fully saturated rings. The summed E-state index contributed by atoms with van der Waals surface area (Å²) >= 11 is 4.96. The minimum Gasteiger partial charge on any atom is -0.483 e. The molecule has 0 atom stereocenters. The first-order valence-electron chi connectivity index (χ1n) is 8.01. The number of thiazole rings is 1. The monoisotopic (exact) mass is 418 g/mol. The largest absolute Gasteiger partial charge is 0.483 e. The molecule has 0 saturated carbocycles. The molecule has 4 nitrogen and oxygen atoms in total.